The fourth-order valence-electron chi connectivity index (χ4n) is 3.76. The van der Waals surface area contributed by atoms with Gasteiger partial charge in [-0.1, -0.05) is 23.7 Å². The number of rotatable bonds is 3. The van der Waals surface area contributed by atoms with E-state index in [9.17, 15) is 8.78 Å². The van der Waals surface area contributed by atoms with Crippen LogP contribution in [0.15, 0.2) is 24.3 Å². The normalized spacial score (nSPS) is 29.4. The molecule has 3 atom stereocenters. The van der Waals surface area contributed by atoms with E-state index in [2.05, 4.69) is 24.1 Å². The fraction of sp³-hybridized carbons (Fsp3) is 0.647. The monoisotopic (exact) mass is 364 g/mol. The van der Waals surface area contributed by atoms with Crippen LogP contribution in [-0.2, 0) is 0 Å². The van der Waals surface area contributed by atoms with E-state index in [4.69, 9.17) is 11.6 Å². The number of alkyl halides is 2. The Labute approximate surface area is 148 Å². The van der Waals surface area contributed by atoms with Gasteiger partial charge in [0.1, 0.15) is 0 Å². The highest BCUT2D eigenvalue weighted by molar-refractivity contribution is 6.30. The summed E-state index contributed by atoms with van der Waals surface area (Å²) in [5.74, 6) is -2.47. The van der Waals surface area contributed by atoms with Crippen molar-refractivity contribution >= 4 is 24.0 Å². The first-order valence-corrected chi connectivity index (χ1v) is 8.36. The Morgan fingerprint density at radius 1 is 1.22 bits per heavy atom. The summed E-state index contributed by atoms with van der Waals surface area (Å²) in [5, 5.41) is 4.14. The third-order valence-electron chi connectivity index (χ3n) is 4.95. The number of nitrogens with one attached hydrogen (secondary N) is 1. The average molecular weight is 365 g/mol. The standard InChI is InChI=1S/C17H23ClF2N2.ClH/c1-11-10-22(12(2)9-21-11)16(14-7-17(19,20)8-14)13-3-5-15(18)6-4-13;/h3-6,11-12,14,16,21H,7-10H2,1-2H3;1H/t11-,12+,16?;/m0./s1. The average Bonchev–Trinajstić information content (AvgIpc) is 2.43. The first-order valence-electron chi connectivity index (χ1n) is 7.98. The van der Waals surface area contributed by atoms with Crippen molar-refractivity contribution in [2.45, 2.75) is 50.7 Å². The lowest BCUT2D eigenvalue weighted by Crippen LogP contribution is -2.58. The molecule has 1 saturated heterocycles. The van der Waals surface area contributed by atoms with Crippen molar-refractivity contribution in [1.82, 2.24) is 10.2 Å². The summed E-state index contributed by atoms with van der Waals surface area (Å²) >= 11 is 5.98. The van der Waals surface area contributed by atoms with Crippen LogP contribution in [0.2, 0.25) is 5.02 Å². The summed E-state index contributed by atoms with van der Waals surface area (Å²) < 4.78 is 26.8. The number of benzene rings is 1. The van der Waals surface area contributed by atoms with Crippen LogP contribution < -0.4 is 5.32 Å². The smallest absolute Gasteiger partial charge is 0.248 e. The highest BCUT2D eigenvalue weighted by atomic mass is 35.5. The highest BCUT2D eigenvalue weighted by Crippen LogP contribution is 2.50. The highest BCUT2D eigenvalue weighted by Gasteiger charge is 2.50. The Balaban J connectivity index is 0.00000192. The summed E-state index contributed by atoms with van der Waals surface area (Å²) in [4.78, 5) is 2.39. The quantitative estimate of drug-likeness (QED) is 0.847. The van der Waals surface area contributed by atoms with Crippen molar-refractivity contribution in [2.24, 2.45) is 5.92 Å². The first kappa shape index (κ1) is 18.9. The number of hydrogen-bond acceptors (Lipinski definition) is 2. The summed E-state index contributed by atoms with van der Waals surface area (Å²) in [6, 6.07) is 8.47. The maximum absolute atomic E-state index is 13.4. The van der Waals surface area contributed by atoms with Crippen LogP contribution in [0.5, 0.6) is 0 Å². The summed E-state index contributed by atoms with van der Waals surface area (Å²) in [6.07, 6.45) is -0.0172. The zero-order valence-electron chi connectivity index (χ0n) is 13.4. The van der Waals surface area contributed by atoms with E-state index in [0.29, 0.717) is 17.1 Å². The Morgan fingerprint density at radius 2 is 1.83 bits per heavy atom. The van der Waals surface area contributed by atoms with Crippen molar-refractivity contribution in [2.75, 3.05) is 13.1 Å². The molecule has 130 valence electrons. The lowest BCUT2D eigenvalue weighted by atomic mass is 9.73. The van der Waals surface area contributed by atoms with Gasteiger partial charge < -0.3 is 5.32 Å². The molecule has 0 amide bonds. The minimum atomic E-state index is -2.49. The molecule has 0 aromatic heterocycles. The van der Waals surface area contributed by atoms with Crippen molar-refractivity contribution in [1.29, 1.82) is 0 Å². The van der Waals surface area contributed by atoms with Gasteiger partial charge in [0.25, 0.3) is 0 Å². The third-order valence-corrected chi connectivity index (χ3v) is 5.20. The molecule has 0 bridgehead atoms. The molecule has 1 aliphatic carbocycles. The number of piperazine rings is 1. The summed E-state index contributed by atoms with van der Waals surface area (Å²) in [5.41, 5.74) is 1.10. The third kappa shape index (κ3) is 4.16. The summed E-state index contributed by atoms with van der Waals surface area (Å²) in [6.45, 7) is 6.09. The molecule has 23 heavy (non-hydrogen) atoms. The van der Waals surface area contributed by atoms with Gasteiger partial charge in [-0.15, -0.1) is 12.4 Å². The van der Waals surface area contributed by atoms with Gasteiger partial charge in [0, 0.05) is 49.1 Å². The second kappa shape index (κ2) is 7.22. The van der Waals surface area contributed by atoms with Gasteiger partial charge in [-0.25, -0.2) is 8.78 Å². The van der Waals surface area contributed by atoms with Gasteiger partial charge in [-0.3, -0.25) is 4.90 Å². The molecule has 1 aromatic rings. The maximum Gasteiger partial charge on any atom is 0.248 e. The maximum atomic E-state index is 13.4. The molecule has 2 fully saturated rings. The second-order valence-electron chi connectivity index (χ2n) is 6.88. The molecule has 1 saturated carbocycles. The molecule has 3 rings (SSSR count). The van der Waals surface area contributed by atoms with Gasteiger partial charge >= 0.3 is 0 Å². The van der Waals surface area contributed by atoms with E-state index >= 15 is 0 Å². The van der Waals surface area contributed by atoms with Gasteiger partial charge in [-0.05, 0) is 37.5 Å². The zero-order valence-corrected chi connectivity index (χ0v) is 15.0. The van der Waals surface area contributed by atoms with E-state index in [1.54, 1.807) is 0 Å². The lowest BCUT2D eigenvalue weighted by molar-refractivity contribution is -0.137. The van der Waals surface area contributed by atoms with Gasteiger partial charge in [-0.2, -0.15) is 0 Å². The largest absolute Gasteiger partial charge is 0.311 e. The first-order chi connectivity index (χ1) is 10.4. The van der Waals surface area contributed by atoms with Crippen LogP contribution in [0.25, 0.3) is 0 Å². The van der Waals surface area contributed by atoms with Crippen molar-refractivity contribution in [3.05, 3.63) is 34.9 Å². The van der Waals surface area contributed by atoms with Gasteiger partial charge in [0.2, 0.25) is 5.92 Å². The van der Waals surface area contributed by atoms with Crippen LogP contribution in [0.1, 0.15) is 38.3 Å². The predicted octanol–water partition coefficient (Wildman–Crippen LogP) is 4.53. The number of nitrogens with zero attached hydrogens (tertiary/aromatic N) is 1. The van der Waals surface area contributed by atoms with E-state index in [0.717, 1.165) is 18.7 Å². The lowest BCUT2D eigenvalue weighted by Gasteiger charge is -2.49. The summed E-state index contributed by atoms with van der Waals surface area (Å²) in [7, 11) is 0. The molecule has 1 N–H and O–H groups in total. The minimum Gasteiger partial charge on any atom is -0.311 e. The second-order valence-corrected chi connectivity index (χ2v) is 7.31. The molecule has 0 radical (unpaired) electrons. The van der Waals surface area contributed by atoms with Crippen LogP contribution >= 0.6 is 24.0 Å². The van der Waals surface area contributed by atoms with Crippen LogP contribution in [0.4, 0.5) is 8.78 Å². The van der Waals surface area contributed by atoms with Crippen LogP contribution in [0.3, 0.4) is 0 Å². The molecule has 1 aliphatic heterocycles. The molecule has 1 aromatic carbocycles. The Kier molecular flexibility index (Phi) is 5.94. The Morgan fingerprint density at radius 3 is 2.39 bits per heavy atom. The molecule has 1 unspecified atom stereocenters. The van der Waals surface area contributed by atoms with Crippen LogP contribution in [-0.4, -0.2) is 36.0 Å². The SMILES string of the molecule is C[C@@H]1CN[C@@H](C)CN1C(c1ccc(Cl)cc1)C1CC(F)(F)C1.Cl. The fourth-order valence-corrected chi connectivity index (χ4v) is 3.89. The van der Waals surface area contributed by atoms with E-state index < -0.39 is 5.92 Å². The molecule has 6 heteroatoms. The minimum absolute atomic E-state index is 0. The van der Waals surface area contributed by atoms with E-state index in [-0.39, 0.29) is 37.2 Å². The Bertz CT molecular complexity index is 516. The molecule has 2 aliphatic rings. The van der Waals surface area contributed by atoms with Gasteiger partial charge in [0.15, 0.2) is 0 Å². The molecule has 1 heterocycles. The molecular weight excluding hydrogens is 341 g/mol. The van der Waals surface area contributed by atoms with Crippen molar-refractivity contribution in [3.8, 4) is 0 Å². The predicted molar refractivity (Wildman–Crippen MR) is 92.7 cm³/mol. The van der Waals surface area contributed by atoms with Crippen molar-refractivity contribution in [3.63, 3.8) is 0 Å². The topological polar surface area (TPSA) is 15.3 Å². The molecule has 2 nitrogen and oxygen atoms in total. The number of halogens is 4. The molecular formula is C17H24Cl2F2N2. The number of hydrogen-bond donors (Lipinski definition) is 1. The zero-order chi connectivity index (χ0) is 15.9. The Hall–Kier alpha value is -0.420. The van der Waals surface area contributed by atoms with E-state index in [1.165, 1.54) is 0 Å². The van der Waals surface area contributed by atoms with Crippen molar-refractivity contribution < 1.29 is 8.78 Å². The van der Waals surface area contributed by atoms with E-state index in [1.807, 2.05) is 24.3 Å². The molecule has 0 spiro atoms. The van der Waals surface area contributed by atoms with Crippen LogP contribution in [0, 0.1) is 5.92 Å². The van der Waals surface area contributed by atoms with Gasteiger partial charge in [0.05, 0.1) is 0 Å².